The Hall–Kier alpha value is -3.99. The molecule has 0 radical (unpaired) electrons. The van der Waals surface area contributed by atoms with Gasteiger partial charge in [0.05, 0.1) is 30.4 Å². The minimum absolute atomic E-state index is 0.0298. The van der Waals surface area contributed by atoms with Gasteiger partial charge in [0, 0.05) is 27.3 Å². The highest BCUT2D eigenvalue weighted by atomic mass is 32.1. The second-order valence-corrected chi connectivity index (χ2v) is 13.2. The molecule has 43 heavy (non-hydrogen) atoms. The monoisotopic (exact) mass is 595 g/mol. The third kappa shape index (κ3) is 4.93. The van der Waals surface area contributed by atoms with E-state index in [4.69, 9.17) is 9.82 Å². The number of aromatic amines is 1. The van der Waals surface area contributed by atoms with Gasteiger partial charge < -0.3 is 4.84 Å². The van der Waals surface area contributed by atoms with Crippen molar-refractivity contribution in [3.8, 4) is 22.5 Å². The Morgan fingerprint density at radius 3 is 2.35 bits per heavy atom. The highest BCUT2D eigenvalue weighted by Crippen LogP contribution is 2.52. The summed E-state index contributed by atoms with van der Waals surface area (Å²) in [6.45, 7) is 13.2. The lowest BCUT2D eigenvalue weighted by Crippen LogP contribution is -2.44. The predicted octanol–water partition coefficient (Wildman–Crippen LogP) is 6.01. The smallest absolute Gasteiger partial charge is 0.257 e. The maximum Gasteiger partial charge on any atom is 0.257 e. The van der Waals surface area contributed by atoms with Gasteiger partial charge in [-0.3, -0.25) is 9.36 Å². The number of hydrogen-bond donors (Lipinski definition) is 1. The average Bonchev–Trinajstić information content (AvgIpc) is 3.71. The van der Waals surface area contributed by atoms with Crippen LogP contribution < -0.4 is 5.56 Å². The van der Waals surface area contributed by atoms with Crippen molar-refractivity contribution in [2.24, 2.45) is 0 Å². The third-order valence-electron chi connectivity index (χ3n) is 8.56. The lowest BCUT2D eigenvalue weighted by Gasteiger charge is -2.38. The van der Waals surface area contributed by atoms with Gasteiger partial charge in [-0.1, -0.05) is 55.5 Å². The lowest BCUT2D eigenvalue weighted by molar-refractivity contribution is -0.241. The molecule has 0 bridgehead atoms. The normalized spacial score (nSPS) is 15.6. The van der Waals surface area contributed by atoms with Crippen LogP contribution in [-0.4, -0.2) is 42.3 Å². The summed E-state index contributed by atoms with van der Waals surface area (Å²) in [4.78, 5) is 27.2. The number of nitrogens with zero attached hydrogens (tertiary/aromatic N) is 6. The molecular formula is C33H37N7O2S. The molecule has 222 valence electrons. The molecule has 0 saturated heterocycles. The lowest BCUT2D eigenvalue weighted by atomic mass is 9.96. The summed E-state index contributed by atoms with van der Waals surface area (Å²) in [5, 5.41) is 16.5. The van der Waals surface area contributed by atoms with Gasteiger partial charge in [-0.25, -0.2) is 10.1 Å². The molecule has 4 heterocycles. The van der Waals surface area contributed by atoms with Gasteiger partial charge in [0.2, 0.25) is 0 Å². The largest absolute Gasteiger partial charge is 0.301 e. The second-order valence-electron chi connectivity index (χ2n) is 12.0. The van der Waals surface area contributed by atoms with E-state index in [9.17, 15) is 4.79 Å². The maximum atomic E-state index is 14.0. The fourth-order valence-electron chi connectivity index (χ4n) is 6.58. The summed E-state index contributed by atoms with van der Waals surface area (Å²) in [6, 6.07) is 18.6. The Bertz CT molecular complexity index is 1800. The molecule has 2 aromatic carbocycles. The zero-order valence-electron chi connectivity index (χ0n) is 25.7. The number of nitrogens with one attached hydrogen (secondary N) is 1. The molecule has 9 nitrogen and oxygen atoms in total. The van der Waals surface area contributed by atoms with E-state index in [-0.39, 0.29) is 16.6 Å². The number of H-pyrrole nitrogens is 1. The molecule has 0 spiro atoms. The summed E-state index contributed by atoms with van der Waals surface area (Å²) < 4.78 is 1.83. The molecular weight excluding hydrogens is 558 g/mol. The number of hydroxylamine groups is 2. The van der Waals surface area contributed by atoms with E-state index < -0.39 is 0 Å². The average molecular weight is 596 g/mol. The van der Waals surface area contributed by atoms with Crippen molar-refractivity contribution in [2.45, 2.75) is 72.0 Å². The number of tetrazole rings is 1. The Kier molecular flexibility index (Phi) is 7.40. The fraction of sp³-hybridized carbons (Fsp3) is 0.364. The summed E-state index contributed by atoms with van der Waals surface area (Å²) in [7, 11) is 1.73. The van der Waals surface area contributed by atoms with Crippen LogP contribution in [0.5, 0.6) is 0 Å². The maximum absolute atomic E-state index is 14.0. The minimum Gasteiger partial charge on any atom is -0.301 e. The van der Waals surface area contributed by atoms with Crippen molar-refractivity contribution in [1.82, 2.24) is 35.2 Å². The molecule has 0 fully saturated rings. The van der Waals surface area contributed by atoms with Gasteiger partial charge in [0.15, 0.2) is 5.82 Å². The van der Waals surface area contributed by atoms with Crippen molar-refractivity contribution >= 4 is 11.3 Å². The van der Waals surface area contributed by atoms with E-state index in [0.29, 0.717) is 25.2 Å². The Morgan fingerprint density at radius 2 is 1.72 bits per heavy atom. The van der Waals surface area contributed by atoms with Crippen LogP contribution in [0, 0.1) is 6.92 Å². The zero-order valence-corrected chi connectivity index (χ0v) is 26.5. The number of aromatic nitrogens is 6. The molecule has 0 amide bonds. The van der Waals surface area contributed by atoms with E-state index >= 15 is 0 Å². The van der Waals surface area contributed by atoms with Crippen LogP contribution in [0.15, 0.2) is 59.4 Å². The van der Waals surface area contributed by atoms with Crippen LogP contribution in [0.4, 0.5) is 0 Å². The molecule has 1 N–H and O–H groups in total. The number of aryl methyl sites for hydroxylation is 2. The van der Waals surface area contributed by atoms with E-state index in [1.165, 1.54) is 10.4 Å². The van der Waals surface area contributed by atoms with Gasteiger partial charge in [-0.05, 0) is 79.8 Å². The molecule has 6 rings (SSSR count). The summed E-state index contributed by atoms with van der Waals surface area (Å²) in [5.41, 5.74) is 6.44. The predicted molar refractivity (Wildman–Crippen MR) is 169 cm³/mol. The van der Waals surface area contributed by atoms with Crippen LogP contribution in [0.1, 0.15) is 72.6 Å². The standard InChI is InChI=1S/C33H37N7O2S/c1-8-28-26(17-21-13-15-22(16-14-21)24-11-9-10-12-25(24)30-35-37-38-36-30)31(41)39(20(2)34-28)19-23-18-27-29(43-23)33(5,6)40(42-7)32(27,3)4/h9-16,18H,8,17,19H2,1-7H3,(H,35,36,37,38). The van der Waals surface area contributed by atoms with Crippen LogP contribution in [0.25, 0.3) is 22.5 Å². The first-order chi connectivity index (χ1) is 20.6. The number of thiophene rings is 1. The van der Waals surface area contributed by atoms with Gasteiger partial charge in [0.1, 0.15) is 5.82 Å². The SMILES string of the molecule is CCc1nc(C)n(Cc2cc3c(s2)C(C)(C)N(OC)C3(C)C)c(=O)c1Cc1ccc(-c2ccccc2-c2nnn[nH]2)cc1. The summed E-state index contributed by atoms with van der Waals surface area (Å²) in [6.07, 6.45) is 1.22. The van der Waals surface area contributed by atoms with Gasteiger partial charge in [0.25, 0.3) is 5.56 Å². The fourth-order valence-corrected chi connectivity index (χ4v) is 7.96. The van der Waals surface area contributed by atoms with E-state index in [0.717, 1.165) is 44.2 Å². The van der Waals surface area contributed by atoms with E-state index in [1.807, 2.05) is 29.7 Å². The quantitative estimate of drug-likeness (QED) is 0.234. The van der Waals surface area contributed by atoms with E-state index in [1.54, 1.807) is 18.4 Å². The van der Waals surface area contributed by atoms with Crippen molar-refractivity contribution in [3.05, 3.63) is 103 Å². The summed E-state index contributed by atoms with van der Waals surface area (Å²) in [5.74, 6) is 1.36. The number of hydrogen-bond acceptors (Lipinski definition) is 8. The third-order valence-corrected chi connectivity index (χ3v) is 9.99. The molecule has 10 heteroatoms. The Balaban J connectivity index is 1.31. The van der Waals surface area contributed by atoms with Crippen molar-refractivity contribution in [3.63, 3.8) is 0 Å². The molecule has 5 aromatic rings. The zero-order chi connectivity index (χ0) is 30.5. The number of rotatable bonds is 8. The second kappa shape index (κ2) is 10.9. The first-order valence-electron chi connectivity index (χ1n) is 14.6. The van der Waals surface area contributed by atoms with Crippen LogP contribution in [-0.2, 0) is 35.3 Å². The molecule has 1 aliphatic heterocycles. The summed E-state index contributed by atoms with van der Waals surface area (Å²) >= 11 is 1.76. The van der Waals surface area contributed by atoms with Crippen molar-refractivity contribution in [1.29, 1.82) is 0 Å². The molecule has 0 unspecified atom stereocenters. The minimum atomic E-state index is -0.268. The molecule has 0 atom stereocenters. The van der Waals surface area contributed by atoms with Gasteiger partial charge in [-0.15, -0.1) is 16.4 Å². The van der Waals surface area contributed by atoms with Crippen molar-refractivity contribution in [2.75, 3.05) is 7.11 Å². The topological polar surface area (TPSA) is 102 Å². The molecule has 1 aliphatic rings. The highest BCUT2D eigenvalue weighted by Gasteiger charge is 2.51. The first-order valence-corrected chi connectivity index (χ1v) is 15.4. The first kappa shape index (κ1) is 29.1. The Labute approximate surface area is 255 Å². The highest BCUT2D eigenvalue weighted by molar-refractivity contribution is 7.12. The van der Waals surface area contributed by atoms with Crippen LogP contribution in [0.2, 0.25) is 0 Å². The molecule has 0 saturated carbocycles. The number of fused-ring (bicyclic) bond motifs is 1. The van der Waals surface area contributed by atoms with Gasteiger partial charge >= 0.3 is 0 Å². The molecule has 0 aliphatic carbocycles. The van der Waals surface area contributed by atoms with Crippen LogP contribution >= 0.6 is 11.3 Å². The Morgan fingerprint density at radius 1 is 1.00 bits per heavy atom. The van der Waals surface area contributed by atoms with Crippen molar-refractivity contribution < 1.29 is 4.84 Å². The van der Waals surface area contributed by atoms with Gasteiger partial charge in [-0.2, -0.15) is 5.06 Å². The molecule has 3 aromatic heterocycles. The van der Waals surface area contributed by atoms with Crippen LogP contribution in [0.3, 0.4) is 0 Å². The van der Waals surface area contributed by atoms with E-state index in [2.05, 4.69) is 96.7 Å². The number of benzene rings is 2.